The Labute approximate surface area is 85.2 Å². The first-order valence-corrected chi connectivity index (χ1v) is 5.11. The van der Waals surface area contributed by atoms with E-state index in [1.165, 1.54) is 12.3 Å². The molecule has 1 unspecified atom stereocenters. The normalized spacial score (nSPS) is 12.7. The largest absolute Gasteiger partial charge is 0.319 e. The Bertz CT molecular complexity index is 397. The molecule has 2 aromatic rings. The zero-order valence-electron chi connectivity index (χ0n) is 7.35. The van der Waals surface area contributed by atoms with E-state index in [2.05, 4.69) is 4.98 Å². The minimum Gasteiger partial charge on any atom is -0.319 e. The summed E-state index contributed by atoms with van der Waals surface area (Å²) in [7, 11) is 0. The maximum Gasteiger partial charge on any atom is 0.141 e. The third kappa shape index (κ3) is 1.81. The summed E-state index contributed by atoms with van der Waals surface area (Å²) in [6, 6.07) is 4.66. The van der Waals surface area contributed by atoms with Crippen molar-refractivity contribution in [2.45, 2.75) is 6.04 Å². The third-order valence-corrected chi connectivity index (χ3v) is 2.67. The number of rotatable bonds is 2. The summed E-state index contributed by atoms with van der Waals surface area (Å²) in [6.45, 7) is 0. The molecule has 0 aliphatic heterocycles. The van der Waals surface area contributed by atoms with Gasteiger partial charge in [-0.1, -0.05) is 0 Å². The van der Waals surface area contributed by atoms with Crippen molar-refractivity contribution in [1.82, 2.24) is 4.98 Å². The van der Waals surface area contributed by atoms with Crippen LogP contribution >= 0.6 is 11.3 Å². The van der Waals surface area contributed by atoms with E-state index in [1.807, 2.05) is 16.8 Å². The monoisotopic (exact) mass is 208 g/mol. The summed E-state index contributed by atoms with van der Waals surface area (Å²) in [4.78, 5) is 3.94. The Hall–Kier alpha value is -1.26. The first-order chi connectivity index (χ1) is 6.77. The molecule has 4 heteroatoms. The average molecular weight is 208 g/mol. The van der Waals surface area contributed by atoms with Gasteiger partial charge in [-0.05, 0) is 34.5 Å². The van der Waals surface area contributed by atoms with Gasteiger partial charge >= 0.3 is 0 Å². The molecule has 72 valence electrons. The van der Waals surface area contributed by atoms with Crippen LogP contribution in [0.2, 0.25) is 0 Å². The summed E-state index contributed by atoms with van der Waals surface area (Å²) in [5.41, 5.74) is 7.63. The van der Waals surface area contributed by atoms with Crippen LogP contribution in [0.4, 0.5) is 4.39 Å². The number of hydrogen-bond donors (Lipinski definition) is 1. The van der Waals surface area contributed by atoms with Crippen molar-refractivity contribution in [2.24, 2.45) is 5.73 Å². The summed E-state index contributed by atoms with van der Waals surface area (Å²) >= 11 is 1.58. The van der Waals surface area contributed by atoms with Gasteiger partial charge in [0.25, 0.3) is 0 Å². The van der Waals surface area contributed by atoms with Crippen molar-refractivity contribution in [1.29, 1.82) is 0 Å². The van der Waals surface area contributed by atoms with Gasteiger partial charge in [-0.25, -0.2) is 4.39 Å². The second-order valence-corrected chi connectivity index (χ2v) is 3.72. The Morgan fingerprint density at radius 2 is 2.21 bits per heavy atom. The van der Waals surface area contributed by atoms with E-state index in [1.54, 1.807) is 17.4 Å². The molecule has 0 saturated heterocycles. The molecule has 2 heterocycles. The van der Waals surface area contributed by atoms with Gasteiger partial charge in [-0.3, -0.25) is 4.98 Å². The second kappa shape index (κ2) is 3.86. The number of pyridine rings is 1. The maximum absolute atomic E-state index is 12.6. The van der Waals surface area contributed by atoms with Crippen LogP contribution in [-0.2, 0) is 0 Å². The number of aromatic nitrogens is 1. The first kappa shape index (κ1) is 9.30. The zero-order valence-corrected chi connectivity index (χ0v) is 8.17. The van der Waals surface area contributed by atoms with E-state index in [0.717, 1.165) is 5.56 Å². The zero-order chi connectivity index (χ0) is 9.97. The van der Waals surface area contributed by atoms with Gasteiger partial charge in [-0.15, -0.1) is 0 Å². The van der Waals surface area contributed by atoms with E-state index >= 15 is 0 Å². The summed E-state index contributed by atoms with van der Waals surface area (Å²) < 4.78 is 12.6. The molecule has 14 heavy (non-hydrogen) atoms. The molecule has 0 aromatic carbocycles. The molecule has 0 amide bonds. The number of nitrogens with two attached hydrogens (primary N) is 1. The van der Waals surface area contributed by atoms with E-state index in [-0.39, 0.29) is 11.9 Å². The predicted molar refractivity (Wildman–Crippen MR) is 54.5 cm³/mol. The molecule has 0 spiro atoms. The average Bonchev–Trinajstić information content (AvgIpc) is 2.71. The molecule has 0 radical (unpaired) electrons. The van der Waals surface area contributed by atoms with Gasteiger partial charge < -0.3 is 5.73 Å². The fourth-order valence-corrected chi connectivity index (χ4v) is 1.89. The minimum atomic E-state index is -0.341. The molecule has 2 aromatic heterocycles. The van der Waals surface area contributed by atoms with Crippen molar-refractivity contribution in [3.05, 3.63) is 52.2 Å². The quantitative estimate of drug-likeness (QED) is 0.822. The molecule has 0 saturated carbocycles. The van der Waals surface area contributed by atoms with Crippen LogP contribution in [0.15, 0.2) is 35.2 Å². The van der Waals surface area contributed by atoms with Crippen LogP contribution in [0.25, 0.3) is 0 Å². The molecule has 2 rings (SSSR count). The summed E-state index contributed by atoms with van der Waals surface area (Å²) in [5.74, 6) is -0.341. The lowest BCUT2D eigenvalue weighted by atomic mass is 10.1. The highest BCUT2D eigenvalue weighted by atomic mass is 32.1. The van der Waals surface area contributed by atoms with E-state index < -0.39 is 0 Å². The SMILES string of the molecule is NC(c1ccsc1)c1ccc(F)cn1. The lowest BCUT2D eigenvalue weighted by Gasteiger charge is -2.08. The Morgan fingerprint density at radius 1 is 1.36 bits per heavy atom. The van der Waals surface area contributed by atoms with Crippen molar-refractivity contribution in [3.8, 4) is 0 Å². The van der Waals surface area contributed by atoms with Crippen molar-refractivity contribution >= 4 is 11.3 Å². The van der Waals surface area contributed by atoms with Crippen LogP contribution in [-0.4, -0.2) is 4.98 Å². The molecule has 2 nitrogen and oxygen atoms in total. The molecule has 0 aliphatic carbocycles. The number of hydrogen-bond acceptors (Lipinski definition) is 3. The van der Waals surface area contributed by atoms with Crippen LogP contribution in [0.5, 0.6) is 0 Å². The van der Waals surface area contributed by atoms with E-state index in [0.29, 0.717) is 5.69 Å². The maximum atomic E-state index is 12.6. The molecular formula is C10H9FN2S. The molecule has 0 aliphatic rings. The number of halogens is 1. The Morgan fingerprint density at radius 3 is 2.79 bits per heavy atom. The highest BCUT2D eigenvalue weighted by molar-refractivity contribution is 7.07. The Kier molecular flexibility index (Phi) is 2.56. The van der Waals surface area contributed by atoms with Crippen LogP contribution in [0.1, 0.15) is 17.3 Å². The molecule has 0 bridgehead atoms. The lowest BCUT2D eigenvalue weighted by Crippen LogP contribution is -2.12. The summed E-state index contributed by atoms with van der Waals surface area (Å²) in [5, 5.41) is 3.93. The first-order valence-electron chi connectivity index (χ1n) is 4.16. The van der Waals surface area contributed by atoms with Crippen LogP contribution < -0.4 is 5.73 Å². The van der Waals surface area contributed by atoms with Gasteiger partial charge in [0.05, 0.1) is 17.9 Å². The van der Waals surface area contributed by atoms with Gasteiger partial charge in [-0.2, -0.15) is 11.3 Å². The van der Waals surface area contributed by atoms with Gasteiger partial charge in [0.2, 0.25) is 0 Å². The van der Waals surface area contributed by atoms with Gasteiger partial charge in [0.1, 0.15) is 5.82 Å². The van der Waals surface area contributed by atoms with Gasteiger partial charge in [0, 0.05) is 0 Å². The summed E-state index contributed by atoms with van der Waals surface area (Å²) in [6.07, 6.45) is 1.18. The highest BCUT2D eigenvalue weighted by Gasteiger charge is 2.09. The van der Waals surface area contributed by atoms with Crippen molar-refractivity contribution in [2.75, 3.05) is 0 Å². The minimum absolute atomic E-state index is 0.262. The number of thiophene rings is 1. The fraction of sp³-hybridized carbons (Fsp3) is 0.100. The Balaban J connectivity index is 2.28. The smallest absolute Gasteiger partial charge is 0.141 e. The highest BCUT2D eigenvalue weighted by Crippen LogP contribution is 2.19. The topological polar surface area (TPSA) is 38.9 Å². The third-order valence-electron chi connectivity index (χ3n) is 1.97. The van der Waals surface area contributed by atoms with Crippen LogP contribution in [0.3, 0.4) is 0 Å². The molecule has 1 atom stereocenters. The molecule has 0 fully saturated rings. The standard InChI is InChI=1S/C10H9FN2S/c11-8-1-2-9(13-5-8)10(12)7-3-4-14-6-7/h1-6,10H,12H2. The van der Waals surface area contributed by atoms with Crippen molar-refractivity contribution < 1.29 is 4.39 Å². The van der Waals surface area contributed by atoms with Gasteiger partial charge in [0.15, 0.2) is 0 Å². The van der Waals surface area contributed by atoms with Crippen LogP contribution in [0, 0.1) is 5.82 Å². The molecule has 2 N–H and O–H groups in total. The predicted octanol–water partition coefficient (Wildman–Crippen LogP) is 2.33. The molecular weight excluding hydrogens is 199 g/mol. The fourth-order valence-electron chi connectivity index (χ4n) is 1.19. The van der Waals surface area contributed by atoms with E-state index in [9.17, 15) is 4.39 Å². The van der Waals surface area contributed by atoms with Crippen molar-refractivity contribution in [3.63, 3.8) is 0 Å². The van der Waals surface area contributed by atoms with E-state index in [4.69, 9.17) is 5.73 Å². The number of nitrogens with zero attached hydrogens (tertiary/aromatic N) is 1. The lowest BCUT2D eigenvalue weighted by molar-refractivity contribution is 0.617. The second-order valence-electron chi connectivity index (χ2n) is 2.94.